The first-order chi connectivity index (χ1) is 13.3. The molecule has 1 N–H and O–H groups in total. The Morgan fingerprint density at radius 1 is 1.04 bits per heavy atom. The van der Waals surface area contributed by atoms with Crippen molar-refractivity contribution in [2.45, 2.75) is 12.8 Å². The molecule has 4 aromatic rings. The number of hydrogen-bond donors (Lipinski definition) is 1. The fraction of sp³-hybridized carbons (Fsp3) is 0.211. The van der Waals surface area contributed by atoms with Gasteiger partial charge < -0.3 is 14.8 Å². The summed E-state index contributed by atoms with van der Waals surface area (Å²) in [4.78, 5) is 11.3. The molecule has 8 heteroatoms. The first-order valence-electron chi connectivity index (χ1n) is 8.93. The molecule has 0 radical (unpaired) electrons. The van der Waals surface area contributed by atoms with E-state index in [9.17, 15) is 4.39 Å². The summed E-state index contributed by atoms with van der Waals surface area (Å²) in [5, 5.41) is 7.90. The van der Waals surface area contributed by atoms with Crippen molar-refractivity contribution < 1.29 is 4.39 Å². The third-order valence-corrected chi connectivity index (χ3v) is 4.72. The van der Waals surface area contributed by atoms with E-state index in [4.69, 9.17) is 4.98 Å². The summed E-state index contributed by atoms with van der Waals surface area (Å²) in [5.41, 5.74) is 1.72. The highest BCUT2D eigenvalue weighted by Crippen LogP contribution is 2.24. The van der Waals surface area contributed by atoms with Gasteiger partial charge in [-0.05, 0) is 49.2 Å². The smallest absolute Gasteiger partial charge is 0.245 e. The summed E-state index contributed by atoms with van der Waals surface area (Å²) in [6.45, 7) is 1.96. The van der Waals surface area contributed by atoms with Gasteiger partial charge in [0, 0.05) is 25.0 Å². The molecule has 0 saturated carbocycles. The fourth-order valence-electron chi connectivity index (χ4n) is 3.33. The molecule has 0 amide bonds. The van der Waals surface area contributed by atoms with Crippen LogP contribution in [0.2, 0.25) is 0 Å². The predicted molar refractivity (Wildman–Crippen MR) is 101 cm³/mol. The van der Waals surface area contributed by atoms with Crippen LogP contribution < -0.4 is 10.2 Å². The van der Waals surface area contributed by atoms with Gasteiger partial charge in [-0.25, -0.2) is 13.9 Å². The Labute approximate surface area is 155 Å². The first-order valence-corrected chi connectivity index (χ1v) is 8.93. The molecule has 1 saturated heterocycles. The van der Waals surface area contributed by atoms with Crippen LogP contribution in [0.3, 0.4) is 0 Å². The lowest BCUT2D eigenvalue weighted by Crippen LogP contribution is -2.22. The van der Waals surface area contributed by atoms with E-state index < -0.39 is 0 Å². The molecule has 3 aromatic heterocycles. The van der Waals surface area contributed by atoms with E-state index in [1.54, 1.807) is 18.5 Å². The first kappa shape index (κ1) is 15.8. The van der Waals surface area contributed by atoms with Crippen LogP contribution in [0.15, 0.2) is 55.1 Å². The zero-order chi connectivity index (χ0) is 18.2. The van der Waals surface area contributed by atoms with Crippen molar-refractivity contribution in [1.82, 2.24) is 24.1 Å². The number of nitrogens with zero attached hydrogens (tertiary/aromatic N) is 6. The van der Waals surface area contributed by atoms with Crippen molar-refractivity contribution >= 4 is 23.1 Å². The largest absolute Gasteiger partial charge is 0.340 e. The van der Waals surface area contributed by atoms with Crippen LogP contribution >= 0.6 is 0 Å². The Bertz CT molecular complexity index is 1080. The topological polar surface area (TPSA) is 63.3 Å². The number of imidazole rings is 1. The molecule has 4 heterocycles. The van der Waals surface area contributed by atoms with Crippen molar-refractivity contribution in [3.8, 4) is 5.69 Å². The highest BCUT2D eigenvalue weighted by atomic mass is 19.1. The minimum atomic E-state index is -0.261. The van der Waals surface area contributed by atoms with Crippen LogP contribution in [0, 0.1) is 5.82 Å². The summed E-state index contributed by atoms with van der Waals surface area (Å²) in [6, 6.07) is 10.2. The molecule has 136 valence electrons. The van der Waals surface area contributed by atoms with Crippen LogP contribution in [-0.4, -0.2) is 37.2 Å². The van der Waals surface area contributed by atoms with Gasteiger partial charge in [0.15, 0.2) is 5.82 Å². The Hall–Kier alpha value is -3.42. The SMILES string of the molecule is Fc1ccc(-n2cnc(Nc3nc(N4CCCC4)nn4cccc34)c2)cc1. The number of fused-ring (bicyclic) bond motifs is 1. The molecule has 0 bridgehead atoms. The second-order valence-electron chi connectivity index (χ2n) is 6.56. The van der Waals surface area contributed by atoms with E-state index in [2.05, 4.69) is 20.3 Å². The molecule has 0 spiro atoms. The van der Waals surface area contributed by atoms with E-state index in [1.807, 2.05) is 33.6 Å². The molecule has 1 aliphatic heterocycles. The molecular formula is C19H18FN7. The maximum atomic E-state index is 13.1. The van der Waals surface area contributed by atoms with Gasteiger partial charge in [-0.2, -0.15) is 4.98 Å². The molecule has 27 heavy (non-hydrogen) atoms. The quantitative estimate of drug-likeness (QED) is 0.602. The molecule has 5 rings (SSSR count). The van der Waals surface area contributed by atoms with Gasteiger partial charge in [-0.15, -0.1) is 5.10 Å². The van der Waals surface area contributed by atoms with E-state index in [-0.39, 0.29) is 5.82 Å². The second kappa shape index (κ2) is 6.39. The highest BCUT2D eigenvalue weighted by molar-refractivity contribution is 5.73. The lowest BCUT2D eigenvalue weighted by Gasteiger charge is -2.16. The maximum Gasteiger partial charge on any atom is 0.245 e. The summed E-state index contributed by atoms with van der Waals surface area (Å²) in [6.07, 6.45) is 7.78. The Kier molecular flexibility index (Phi) is 3.74. The third kappa shape index (κ3) is 2.99. The fourth-order valence-corrected chi connectivity index (χ4v) is 3.33. The van der Waals surface area contributed by atoms with Gasteiger partial charge in [-0.3, -0.25) is 0 Å². The average Bonchev–Trinajstić information content (AvgIpc) is 3.43. The number of rotatable bonds is 4. The van der Waals surface area contributed by atoms with Crippen molar-refractivity contribution in [1.29, 1.82) is 0 Å². The molecule has 7 nitrogen and oxygen atoms in total. The minimum absolute atomic E-state index is 0.261. The van der Waals surface area contributed by atoms with Gasteiger partial charge in [0.1, 0.15) is 23.5 Å². The molecule has 0 atom stereocenters. The Balaban J connectivity index is 1.47. The van der Waals surface area contributed by atoms with Crippen molar-refractivity contribution in [3.63, 3.8) is 0 Å². The highest BCUT2D eigenvalue weighted by Gasteiger charge is 2.18. The van der Waals surface area contributed by atoms with Gasteiger partial charge in [-0.1, -0.05) is 0 Å². The second-order valence-corrected chi connectivity index (χ2v) is 6.56. The monoisotopic (exact) mass is 363 g/mol. The molecule has 1 aromatic carbocycles. The Morgan fingerprint density at radius 3 is 2.67 bits per heavy atom. The van der Waals surface area contributed by atoms with Crippen LogP contribution in [0.4, 0.5) is 22.0 Å². The van der Waals surface area contributed by atoms with Crippen LogP contribution in [0.25, 0.3) is 11.2 Å². The number of anilines is 3. The lowest BCUT2D eigenvalue weighted by molar-refractivity contribution is 0.627. The third-order valence-electron chi connectivity index (χ3n) is 4.72. The summed E-state index contributed by atoms with van der Waals surface area (Å²) in [7, 11) is 0. The van der Waals surface area contributed by atoms with Crippen molar-refractivity contribution in [2.75, 3.05) is 23.3 Å². The van der Waals surface area contributed by atoms with Gasteiger partial charge in [0.05, 0.1) is 6.20 Å². The van der Waals surface area contributed by atoms with E-state index in [0.29, 0.717) is 11.6 Å². The standard InChI is InChI=1S/C19H18FN7/c20-14-5-7-15(8-6-14)26-12-17(21-13-26)22-18-16-4-3-11-27(16)24-19(23-18)25-9-1-2-10-25/h3-8,11-13H,1-2,9-10H2,(H,22,23,24). The number of halogens is 1. The molecule has 0 unspecified atom stereocenters. The maximum absolute atomic E-state index is 13.1. The Morgan fingerprint density at radius 2 is 1.85 bits per heavy atom. The molecule has 1 fully saturated rings. The van der Waals surface area contributed by atoms with Crippen LogP contribution in [0.5, 0.6) is 0 Å². The number of benzene rings is 1. The normalized spacial score (nSPS) is 14.2. The van der Waals surface area contributed by atoms with Gasteiger partial charge in [0.25, 0.3) is 0 Å². The van der Waals surface area contributed by atoms with Gasteiger partial charge >= 0.3 is 0 Å². The summed E-state index contributed by atoms with van der Waals surface area (Å²) in [5.74, 6) is 1.83. The van der Waals surface area contributed by atoms with Gasteiger partial charge in [0.2, 0.25) is 5.95 Å². The van der Waals surface area contributed by atoms with Crippen molar-refractivity contribution in [2.24, 2.45) is 0 Å². The lowest BCUT2D eigenvalue weighted by atomic mass is 10.3. The van der Waals surface area contributed by atoms with E-state index in [0.717, 1.165) is 43.1 Å². The molecule has 1 aliphatic rings. The number of nitrogens with one attached hydrogen (secondary N) is 1. The average molecular weight is 363 g/mol. The summed E-state index contributed by atoms with van der Waals surface area (Å²) >= 11 is 0. The minimum Gasteiger partial charge on any atom is -0.340 e. The number of aromatic nitrogens is 5. The van der Waals surface area contributed by atoms with E-state index >= 15 is 0 Å². The zero-order valence-electron chi connectivity index (χ0n) is 14.6. The molecule has 0 aliphatic carbocycles. The molecular weight excluding hydrogens is 345 g/mol. The summed E-state index contributed by atoms with van der Waals surface area (Å²) < 4.78 is 16.8. The van der Waals surface area contributed by atoms with E-state index in [1.165, 1.54) is 12.1 Å². The van der Waals surface area contributed by atoms with Crippen LogP contribution in [0.1, 0.15) is 12.8 Å². The number of hydrogen-bond acceptors (Lipinski definition) is 5. The van der Waals surface area contributed by atoms with Crippen molar-refractivity contribution in [3.05, 3.63) is 60.9 Å². The zero-order valence-corrected chi connectivity index (χ0v) is 14.6. The van der Waals surface area contributed by atoms with Crippen LogP contribution in [-0.2, 0) is 0 Å². The predicted octanol–water partition coefficient (Wildman–Crippen LogP) is 3.40.